The van der Waals surface area contributed by atoms with Crippen LogP contribution in [0.25, 0.3) is 0 Å². The highest BCUT2D eigenvalue weighted by atomic mass is 79.9. The lowest BCUT2D eigenvalue weighted by Crippen LogP contribution is -2.29. The van der Waals surface area contributed by atoms with Crippen molar-refractivity contribution in [1.82, 2.24) is 24.9 Å². The van der Waals surface area contributed by atoms with Gasteiger partial charge in [0.25, 0.3) is 12.3 Å². The third kappa shape index (κ3) is 3.22. The van der Waals surface area contributed by atoms with E-state index in [1.807, 2.05) is 13.8 Å². The lowest BCUT2D eigenvalue weighted by Gasteiger charge is -2.15. The van der Waals surface area contributed by atoms with Crippen molar-refractivity contribution in [2.75, 3.05) is 13.1 Å². The van der Waals surface area contributed by atoms with Gasteiger partial charge in [-0.15, -0.1) is 0 Å². The Hall–Kier alpha value is -1.77. The molecule has 0 aromatic carbocycles. The summed E-state index contributed by atoms with van der Waals surface area (Å²) in [4.78, 5) is 14.2. The number of H-pyrrole nitrogens is 1. The third-order valence-corrected chi connectivity index (χ3v) is 4.78. The molecule has 9 heteroatoms. The van der Waals surface area contributed by atoms with Gasteiger partial charge in [0.2, 0.25) is 0 Å². The van der Waals surface area contributed by atoms with Crippen molar-refractivity contribution in [1.29, 1.82) is 0 Å². The summed E-state index contributed by atoms with van der Waals surface area (Å²) in [6.07, 6.45) is -0.403. The summed E-state index contributed by atoms with van der Waals surface area (Å²) in [6.45, 7) is 5.01. The maximum atomic E-state index is 12.8. The van der Waals surface area contributed by atoms with E-state index in [2.05, 4.69) is 31.2 Å². The number of carbonyl (C=O) groups is 1. The van der Waals surface area contributed by atoms with E-state index < -0.39 is 6.43 Å². The zero-order valence-electron chi connectivity index (χ0n) is 13.3. The lowest BCUT2D eigenvalue weighted by atomic mass is 10.1. The molecule has 0 aliphatic carbocycles. The van der Waals surface area contributed by atoms with Crippen LogP contribution in [0, 0.1) is 0 Å². The minimum atomic E-state index is -2.63. The molecular formula is C15H18BrF2N5O. The van der Waals surface area contributed by atoms with E-state index in [0.717, 1.165) is 5.69 Å². The van der Waals surface area contributed by atoms with Crippen LogP contribution in [-0.4, -0.2) is 43.9 Å². The Balaban J connectivity index is 1.70. The van der Waals surface area contributed by atoms with Gasteiger partial charge < -0.3 is 4.90 Å². The molecule has 1 saturated heterocycles. The number of hydrogen-bond donors (Lipinski definition) is 1. The average molecular weight is 402 g/mol. The molecule has 3 rings (SSSR count). The molecule has 3 heterocycles. The largest absolute Gasteiger partial charge is 0.335 e. The van der Waals surface area contributed by atoms with E-state index in [0.29, 0.717) is 25.2 Å². The molecule has 2 aromatic heterocycles. The van der Waals surface area contributed by atoms with Crippen molar-refractivity contribution in [3.05, 3.63) is 33.8 Å². The van der Waals surface area contributed by atoms with Crippen LogP contribution in [0.4, 0.5) is 8.78 Å². The zero-order valence-corrected chi connectivity index (χ0v) is 14.9. The number of likely N-dealkylation sites (tertiary alicyclic amines) is 1. The number of amides is 1. The summed E-state index contributed by atoms with van der Waals surface area (Å²) in [5, 5.41) is 10.9. The summed E-state index contributed by atoms with van der Waals surface area (Å²) < 4.78 is 27.5. The molecule has 1 fully saturated rings. The molecule has 24 heavy (non-hydrogen) atoms. The van der Waals surface area contributed by atoms with Crippen molar-refractivity contribution < 1.29 is 13.6 Å². The van der Waals surface area contributed by atoms with Gasteiger partial charge in [0, 0.05) is 19.3 Å². The Labute approximate surface area is 146 Å². The molecule has 1 N–H and O–H groups in total. The Morgan fingerprint density at radius 3 is 2.79 bits per heavy atom. The predicted octanol–water partition coefficient (Wildman–Crippen LogP) is 3.52. The molecule has 0 bridgehead atoms. The van der Waals surface area contributed by atoms with Crippen molar-refractivity contribution in [2.45, 2.75) is 38.7 Å². The van der Waals surface area contributed by atoms with E-state index in [-0.39, 0.29) is 28.0 Å². The number of hydrogen-bond acceptors (Lipinski definition) is 3. The van der Waals surface area contributed by atoms with E-state index in [1.165, 1.54) is 4.68 Å². The molecule has 1 unspecified atom stereocenters. The second-order valence-electron chi connectivity index (χ2n) is 6.20. The molecule has 1 aliphatic rings. The van der Waals surface area contributed by atoms with Crippen LogP contribution in [-0.2, 0) is 0 Å². The highest BCUT2D eigenvalue weighted by Crippen LogP contribution is 2.30. The normalized spacial score (nSPS) is 18.1. The van der Waals surface area contributed by atoms with Crippen LogP contribution in [0.5, 0.6) is 0 Å². The number of alkyl halides is 2. The standard InChI is InChI=1S/C15H18BrF2N5O/c1-8(2)11-5-12(20-19-11)15(24)22-4-3-9(6-22)23-7-10(16)13(21-23)14(17)18/h5,7-9,14H,3-4,6H2,1-2H3,(H,19,20). The van der Waals surface area contributed by atoms with E-state index in [4.69, 9.17) is 0 Å². The van der Waals surface area contributed by atoms with Crippen LogP contribution in [0.2, 0.25) is 0 Å². The highest BCUT2D eigenvalue weighted by Gasteiger charge is 2.30. The van der Waals surface area contributed by atoms with Gasteiger partial charge in [0.1, 0.15) is 11.4 Å². The highest BCUT2D eigenvalue weighted by molar-refractivity contribution is 9.10. The molecule has 2 aromatic rings. The van der Waals surface area contributed by atoms with Crippen LogP contribution in [0.15, 0.2) is 16.7 Å². The van der Waals surface area contributed by atoms with E-state index in [1.54, 1.807) is 17.2 Å². The number of aromatic nitrogens is 4. The van der Waals surface area contributed by atoms with Gasteiger partial charge in [0.15, 0.2) is 0 Å². The monoisotopic (exact) mass is 401 g/mol. The molecule has 6 nitrogen and oxygen atoms in total. The quantitative estimate of drug-likeness (QED) is 0.851. The van der Waals surface area contributed by atoms with Crippen LogP contribution < -0.4 is 0 Å². The molecule has 1 amide bonds. The molecule has 1 aliphatic heterocycles. The molecule has 0 radical (unpaired) electrons. The maximum absolute atomic E-state index is 12.8. The van der Waals surface area contributed by atoms with Crippen LogP contribution >= 0.6 is 15.9 Å². The number of nitrogens with zero attached hydrogens (tertiary/aromatic N) is 4. The Bertz CT molecular complexity index is 742. The SMILES string of the molecule is CC(C)c1cc(C(=O)N2CCC(n3cc(Br)c(C(F)F)n3)C2)[nH]n1. The fraction of sp³-hybridized carbons (Fsp3) is 0.533. The smallest absolute Gasteiger partial charge is 0.283 e. The van der Waals surface area contributed by atoms with Crippen LogP contribution in [0.1, 0.15) is 60.5 Å². The maximum Gasteiger partial charge on any atom is 0.283 e. The van der Waals surface area contributed by atoms with Gasteiger partial charge >= 0.3 is 0 Å². The molecule has 0 saturated carbocycles. The first-order chi connectivity index (χ1) is 11.4. The van der Waals surface area contributed by atoms with Crippen molar-refractivity contribution in [3.63, 3.8) is 0 Å². The van der Waals surface area contributed by atoms with Gasteiger partial charge in [0.05, 0.1) is 16.2 Å². The first kappa shape index (κ1) is 17.1. The second-order valence-corrected chi connectivity index (χ2v) is 7.05. The summed E-state index contributed by atoms with van der Waals surface area (Å²) >= 11 is 3.10. The first-order valence-electron chi connectivity index (χ1n) is 7.74. The summed E-state index contributed by atoms with van der Waals surface area (Å²) in [7, 11) is 0. The molecule has 0 spiro atoms. The van der Waals surface area contributed by atoms with Gasteiger partial charge in [-0.2, -0.15) is 10.2 Å². The van der Waals surface area contributed by atoms with Gasteiger partial charge in [-0.05, 0) is 34.3 Å². The molecule has 130 valence electrons. The lowest BCUT2D eigenvalue weighted by molar-refractivity contribution is 0.0780. The fourth-order valence-corrected chi connectivity index (χ4v) is 3.24. The first-order valence-corrected chi connectivity index (χ1v) is 8.53. The average Bonchev–Trinajstić information content (AvgIpc) is 3.25. The third-order valence-electron chi connectivity index (χ3n) is 4.16. The van der Waals surface area contributed by atoms with Gasteiger partial charge in [-0.1, -0.05) is 13.8 Å². The Morgan fingerprint density at radius 2 is 2.21 bits per heavy atom. The van der Waals surface area contributed by atoms with Crippen molar-refractivity contribution in [3.8, 4) is 0 Å². The summed E-state index contributed by atoms with van der Waals surface area (Å²) in [5.41, 5.74) is 1.02. The Kier molecular flexibility index (Phi) is 4.71. The van der Waals surface area contributed by atoms with E-state index in [9.17, 15) is 13.6 Å². The fourth-order valence-electron chi connectivity index (χ4n) is 2.77. The van der Waals surface area contributed by atoms with E-state index >= 15 is 0 Å². The minimum absolute atomic E-state index is 0.106. The number of nitrogens with one attached hydrogen (secondary N) is 1. The van der Waals surface area contributed by atoms with Crippen molar-refractivity contribution >= 4 is 21.8 Å². The minimum Gasteiger partial charge on any atom is -0.335 e. The topological polar surface area (TPSA) is 66.8 Å². The van der Waals surface area contributed by atoms with Gasteiger partial charge in [-0.3, -0.25) is 14.6 Å². The Morgan fingerprint density at radius 1 is 1.46 bits per heavy atom. The second kappa shape index (κ2) is 6.62. The number of rotatable bonds is 4. The zero-order chi connectivity index (χ0) is 17.4. The number of halogens is 3. The van der Waals surface area contributed by atoms with Crippen LogP contribution in [0.3, 0.4) is 0 Å². The number of carbonyl (C=O) groups excluding carboxylic acids is 1. The van der Waals surface area contributed by atoms with Gasteiger partial charge in [-0.25, -0.2) is 8.78 Å². The molecular weight excluding hydrogens is 384 g/mol. The summed E-state index contributed by atoms with van der Waals surface area (Å²) in [6, 6.07) is 1.66. The summed E-state index contributed by atoms with van der Waals surface area (Å²) in [5.74, 6) is 0.112. The van der Waals surface area contributed by atoms with Crippen molar-refractivity contribution in [2.24, 2.45) is 0 Å². The number of aromatic amines is 1. The predicted molar refractivity (Wildman–Crippen MR) is 87.1 cm³/mol. The molecule has 1 atom stereocenters.